The fourth-order valence-corrected chi connectivity index (χ4v) is 3.97. The Kier molecular flexibility index (Phi) is 8.79. The first-order valence-electron chi connectivity index (χ1n) is 12.0. The van der Waals surface area contributed by atoms with Crippen LogP contribution in [0.3, 0.4) is 0 Å². The molecule has 3 aromatic rings. The number of nitrogen functional groups attached to an aromatic ring is 1. The van der Waals surface area contributed by atoms with Crippen LogP contribution < -0.4 is 21.7 Å². The zero-order chi connectivity index (χ0) is 25.2. The Hall–Kier alpha value is -4.02. The van der Waals surface area contributed by atoms with Gasteiger partial charge in [0.1, 0.15) is 5.69 Å². The highest BCUT2D eigenvalue weighted by Crippen LogP contribution is 2.21. The number of rotatable bonds is 9. The molecule has 4 rings (SSSR count). The molecule has 1 aromatic carbocycles. The molecule has 36 heavy (non-hydrogen) atoms. The lowest BCUT2D eigenvalue weighted by molar-refractivity contribution is 0.0369. The second kappa shape index (κ2) is 12.6. The van der Waals surface area contributed by atoms with Gasteiger partial charge >= 0.3 is 6.03 Å². The molecule has 10 nitrogen and oxygen atoms in total. The summed E-state index contributed by atoms with van der Waals surface area (Å²) in [7, 11) is 0. The maximum absolute atomic E-state index is 12.7. The van der Waals surface area contributed by atoms with Crippen LogP contribution in [0.2, 0.25) is 0 Å². The summed E-state index contributed by atoms with van der Waals surface area (Å²) in [5, 5.41) is 8.65. The molecule has 1 atom stereocenters. The SMILES string of the molecule is Nc1ccccc1NC(=O)c1ccc(C(CCCN2CCOCC2)NC(=O)Nc2ccncc2)cn1. The van der Waals surface area contributed by atoms with Crippen molar-refractivity contribution >= 4 is 29.0 Å². The predicted molar refractivity (Wildman–Crippen MR) is 139 cm³/mol. The fraction of sp³-hybridized carbons (Fsp3) is 0.308. The highest BCUT2D eigenvalue weighted by molar-refractivity contribution is 6.04. The van der Waals surface area contributed by atoms with E-state index in [4.69, 9.17) is 10.5 Å². The molecule has 1 aliphatic rings. The number of carbonyl (C=O) groups is 2. The van der Waals surface area contributed by atoms with Crippen LogP contribution in [0, 0.1) is 0 Å². The first kappa shape index (κ1) is 25.1. The first-order chi connectivity index (χ1) is 17.6. The molecule has 1 fully saturated rings. The number of urea groups is 1. The topological polar surface area (TPSA) is 134 Å². The number of pyridine rings is 2. The summed E-state index contributed by atoms with van der Waals surface area (Å²) in [5.41, 5.74) is 8.66. The van der Waals surface area contributed by atoms with E-state index in [-0.39, 0.29) is 23.7 Å². The molecule has 1 aliphatic heterocycles. The smallest absolute Gasteiger partial charge is 0.319 e. The van der Waals surface area contributed by atoms with Gasteiger partial charge in [0.2, 0.25) is 0 Å². The molecule has 3 amide bonds. The van der Waals surface area contributed by atoms with E-state index in [0.29, 0.717) is 17.1 Å². The van der Waals surface area contributed by atoms with Crippen molar-refractivity contribution in [3.63, 3.8) is 0 Å². The van der Waals surface area contributed by atoms with E-state index in [2.05, 4.69) is 30.8 Å². The number of nitrogens with zero attached hydrogens (tertiary/aromatic N) is 3. The number of amides is 3. The van der Waals surface area contributed by atoms with Crippen molar-refractivity contribution in [1.82, 2.24) is 20.2 Å². The minimum absolute atomic E-state index is 0.260. The number of carbonyl (C=O) groups excluding carboxylic acids is 2. The summed E-state index contributed by atoms with van der Waals surface area (Å²) in [6.45, 7) is 4.24. The standard InChI is InChI=1S/C26H31N7O3/c27-21-4-1-2-5-23(21)31-25(34)24-8-7-19(18-29-24)22(6-3-13-33-14-16-36-17-15-33)32-26(35)30-20-9-11-28-12-10-20/h1-2,4-5,7-12,18,22H,3,6,13-17,27H2,(H,31,34)(H2,28,30,32,35). The van der Waals surface area contributed by atoms with Gasteiger partial charge < -0.3 is 26.4 Å². The summed E-state index contributed by atoms with van der Waals surface area (Å²) in [4.78, 5) is 36.0. The minimum atomic E-state index is -0.355. The number of benzene rings is 1. The fourth-order valence-electron chi connectivity index (χ4n) is 3.97. The van der Waals surface area contributed by atoms with E-state index < -0.39 is 0 Å². The monoisotopic (exact) mass is 489 g/mol. The van der Waals surface area contributed by atoms with Crippen LogP contribution in [-0.4, -0.2) is 59.7 Å². The van der Waals surface area contributed by atoms with Crippen LogP contribution in [0.1, 0.15) is 34.9 Å². The lowest BCUT2D eigenvalue weighted by Crippen LogP contribution is -2.37. The first-order valence-corrected chi connectivity index (χ1v) is 12.0. The molecule has 3 heterocycles. The van der Waals surface area contributed by atoms with Crippen molar-refractivity contribution in [3.8, 4) is 0 Å². The molecule has 0 saturated carbocycles. The van der Waals surface area contributed by atoms with Gasteiger partial charge in [-0.3, -0.25) is 19.7 Å². The van der Waals surface area contributed by atoms with Crippen LogP contribution in [0.15, 0.2) is 67.1 Å². The average Bonchev–Trinajstić information content (AvgIpc) is 2.91. The van der Waals surface area contributed by atoms with Crippen LogP contribution in [-0.2, 0) is 4.74 Å². The van der Waals surface area contributed by atoms with Crippen LogP contribution in [0.4, 0.5) is 21.9 Å². The predicted octanol–water partition coefficient (Wildman–Crippen LogP) is 3.29. The van der Waals surface area contributed by atoms with Gasteiger partial charge in [0.25, 0.3) is 5.91 Å². The Labute approximate surface area is 210 Å². The summed E-state index contributed by atoms with van der Waals surface area (Å²) in [6, 6.07) is 13.4. The maximum atomic E-state index is 12.7. The van der Waals surface area contributed by atoms with Crippen molar-refractivity contribution in [2.75, 3.05) is 49.2 Å². The summed E-state index contributed by atoms with van der Waals surface area (Å²) in [6.07, 6.45) is 6.47. The molecule has 0 spiro atoms. The normalized spacial score (nSPS) is 14.6. The number of anilines is 3. The van der Waals surface area contributed by atoms with Crippen molar-refractivity contribution < 1.29 is 14.3 Å². The molecule has 0 aliphatic carbocycles. The van der Waals surface area contributed by atoms with Gasteiger partial charge in [-0.25, -0.2) is 4.79 Å². The maximum Gasteiger partial charge on any atom is 0.319 e. The van der Waals surface area contributed by atoms with Gasteiger partial charge in [-0.2, -0.15) is 0 Å². The van der Waals surface area contributed by atoms with Gasteiger partial charge in [-0.15, -0.1) is 0 Å². The summed E-state index contributed by atoms with van der Waals surface area (Å²) >= 11 is 0. The molecule has 5 N–H and O–H groups in total. The minimum Gasteiger partial charge on any atom is -0.397 e. The van der Waals surface area contributed by atoms with Crippen molar-refractivity contribution in [2.45, 2.75) is 18.9 Å². The summed E-state index contributed by atoms with van der Waals surface area (Å²) < 4.78 is 5.42. The van der Waals surface area contributed by atoms with Gasteiger partial charge in [-0.1, -0.05) is 18.2 Å². The Morgan fingerprint density at radius 3 is 2.53 bits per heavy atom. The number of nitrogens with two attached hydrogens (primary N) is 1. The zero-order valence-electron chi connectivity index (χ0n) is 20.0. The van der Waals surface area contributed by atoms with E-state index in [1.54, 1.807) is 61.1 Å². The quantitative estimate of drug-likeness (QED) is 0.339. The average molecular weight is 490 g/mol. The number of ether oxygens (including phenoxy) is 1. The van der Waals surface area contributed by atoms with Crippen LogP contribution >= 0.6 is 0 Å². The van der Waals surface area contributed by atoms with Gasteiger partial charge in [0, 0.05) is 37.4 Å². The van der Waals surface area contributed by atoms with Crippen LogP contribution in [0.5, 0.6) is 0 Å². The van der Waals surface area contributed by atoms with Gasteiger partial charge in [-0.05, 0) is 55.3 Å². The number of morpholine rings is 1. The molecular weight excluding hydrogens is 458 g/mol. The van der Waals surface area contributed by atoms with E-state index in [0.717, 1.165) is 51.3 Å². The summed E-state index contributed by atoms with van der Waals surface area (Å²) in [5.74, 6) is -0.355. The van der Waals surface area contributed by atoms with E-state index in [1.165, 1.54) is 0 Å². The lowest BCUT2D eigenvalue weighted by Gasteiger charge is -2.27. The van der Waals surface area contributed by atoms with Crippen molar-refractivity contribution in [1.29, 1.82) is 0 Å². The molecular formula is C26H31N7O3. The molecule has 1 unspecified atom stereocenters. The van der Waals surface area contributed by atoms with E-state index in [9.17, 15) is 9.59 Å². The molecule has 0 radical (unpaired) electrons. The Morgan fingerprint density at radius 2 is 1.81 bits per heavy atom. The van der Waals surface area contributed by atoms with Gasteiger partial charge in [0.15, 0.2) is 0 Å². The third-order valence-electron chi connectivity index (χ3n) is 5.94. The molecule has 1 saturated heterocycles. The zero-order valence-corrected chi connectivity index (χ0v) is 20.0. The Bertz CT molecular complexity index is 1140. The number of nitrogens with one attached hydrogen (secondary N) is 3. The second-order valence-corrected chi connectivity index (χ2v) is 8.50. The van der Waals surface area contributed by atoms with Crippen molar-refractivity contribution in [2.24, 2.45) is 0 Å². The van der Waals surface area contributed by atoms with E-state index in [1.807, 2.05) is 6.07 Å². The third kappa shape index (κ3) is 7.24. The van der Waals surface area contributed by atoms with E-state index >= 15 is 0 Å². The lowest BCUT2D eigenvalue weighted by atomic mass is 10.0. The Morgan fingerprint density at radius 1 is 1.03 bits per heavy atom. The number of aromatic nitrogens is 2. The van der Waals surface area contributed by atoms with Crippen LogP contribution in [0.25, 0.3) is 0 Å². The largest absolute Gasteiger partial charge is 0.397 e. The molecule has 10 heteroatoms. The number of hydrogen-bond donors (Lipinski definition) is 4. The third-order valence-corrected chi connectivity index (χ3v) is 5.94. The second-order valence-electron chi connectivity index (χ2n) is 8.50. The Balaban J connectivity index is 1.41. The van der Waals surface area contributed by atoms with Crippen molar-refractivity contribution in [3.05, 3.63) is 78.4 Å². The number of hydrogen-bond acceptors (Lipinski definition) is 7. The molecule has 0 bridgehead atoms. The molecule has 2 aromatic heterocycles. The number of para-hydroxylation sites is 2. The highest BCUT2D eigenvalue weighted by Gasteiger charge is 2.18. The van der Waals surface area contributed by atoms with Gasteiger partial charge in [0.05, 0.1) is 30.6 Å². The highest BCUT2D eigenvalue weighted by atomic mass is 16.5. The molecule has 188 valence electrons.